The van der Waals surface area contributed by atoms with E-state index >= 15 is 0 Å². The second kappa shape index (κ2) is 6.57. The van der Waals surface area contributed by atoms with Crippen molar-refractivity contribution in [2.75, 3.05) is 32.8 Å². The summed E-state index contributed by atoms with van der Waals surface area (Å²) in [6, 6.07) is 15.6. The molecule has 116 valence electrons. The van der Waals surface area contributed by atoms with Crippen LogP contribution in [0.5, 0.6) is 0 Å². The third-order valence-electron chi connectivity index (χ3n) is 4.13. The second-order valence-corrected chi connectivity index (χ2v) is 5.62. The summed E-state index contributed by atoms with van der Waals surface area (Å²) in [5.74, 6) is -0.300. The molecule has 1 atom stereocenters. The van der Waals surface area contributed by atoms with E-state index in [0.29, 0.717) is 25.3 Å². The Labute approximate surface area is 130 Å². The van der Waals surface area contributed by atoms with E-state index in [1.807, 2.05) is 30.3 Å². The van der Waals surface area contributed by atoms with Gasteiger partial charge in [0.15, 0.2) is 0 Å². The van der Waals surface area contributed by atoms with Gasteiger partial charge in [-0.15, -0.1) is 0 Å². The standard InChI is InChI=1S/C18H20FNO2/c19-17-8-6-16(7-9-17)18(21,15-4-2-1-3-5-15)14-20-10-12-22-13-11-20/h1-9,21H,10-14H2. The van der Waals surface area contributed by atoms with E-state index in [0.717, 1.165) is 18.7 Å². The number of hydrogen-bond acceptors (Lipinski definition) is 3. The van der Waals surface area contributed by atoms with E-state index in [1.165, 1.54) is 12.1 Å². The Kier molecular flexibility index (Phi) is 4.52. The molecule has 0 aliphatic carbocycles. The molecule has 0 saturated carbocycles. The average Bonchev–Trinajstić information content (AvgIpc) is 2.57. The number of ether oxygens (including phenoxy) is 1. The minimum absolute atomic E-state index is 0.300. The number of morpholine rings is 1. The third-order valence-corrected chi connectivity index (χ3v) is 4.13. The number of nitrogens with zero attached hydrogens (tertiary/aromatic N) is 1. The Hall–Kier alpha value is -1.75. The van der Waals surface area contributed by atoms with Gasteiger partial charge >= 0.3 is 0 Å². The predicted molar refractivity (Wildman–Crippen MR) is 83.1 cm³/mol. The van der Waals surface area contributed by atoms with Gasteiger partial charge in [0.1, 0.15) is 11.4 Å². The van der Waals surface area contributed by atoms with Gasteiger partial charge in [-0.3, -0.25) is 4.90 Å². The number of β-amino-alcohol motifs (C(OH)–C–C–N with tert-alkyl or cyclic N) is 1. The molecule has 2 aromatic carbocycles. The number of aliphatic hydroxyl groups is 1. The van der Waals surface area contributed by atoms with Gasteiger partial charge in [-0.2, -0.15) is 0 Å². The highest BCUT2D eigenvalue weighted by atomic mass is 19.1. The van der Waals surface area contributed by atoms with Crippen LogP contribution >= 0.6 is 0 Å². The number of hydrogen-bond donors (Lipinski definition) is 1. The minimum atomic E-state index is -1.16. The van der Waals surface area contributed by atoms with Crippen molar-refractivity contribution >= 4 is 0 Å². The van der Waals surface area contributed by atoms with Crippen LogP contribution < -0.4 is 0 Å². The van der Waals surface area contributed by atoms with E-state index in [9.17, 15) is 9.50 Å². The molecule has 22 heavy (non-hydrogen) atoms. The number of halogens is 1. The molecule has 0 aromatic heterocycles. The van der Waals surface area contributed by atoms with Crippen molar-refractivity contribution in [3.63, 3.8) is 0 Å². The molecule has 1 fully saturated rings. The lowest BCUT2D eigenvalue weighted by molar-refractivity contribution is -0.0148. The highest BCUT2D eigenvalue weighted by Gasteiger charge is 2.34. The molecular formula is C18H20FNO2. The zero-order chi connectivity index (χ0) is 15.4. The molecule has 1 aliphatic rings. The first-order valence-corrected chi connectivity index (χ1v) is 7.52. The van der Waals surface area contributed by atoms with Crippen LogP contribution in [0.15, 0.2) is 54.6 Å². The number of benzene rings is 2. The summed E-state index contributed by atoms with van der Waals surface area (Å²) in [5.41, 5.74) is 0.353. The van der Waals surface area contributed by atoms with Crippen LogP contribution in [0.3, 0.4) is 0 Å². The van der Waals surface area contributed by atoms with Crippen LogP contribution in [0, 0.1) is 5.82 Å². The maximum atomic E-state index is 13.2. The van der Waals surface area contributed by atoms with Crippen LogP contribution in [0.4, 0.5) is 4.39 Å². The summed E-state index contributed by atoms with van der Waals surface area (Å²) < 4.78 is 18.6. The lowest BCUT2D eigenvalue weighted by atomic mass is 9.85. The molecule has 0 spiro atoms. The molecule has 2 aromatic rings. The Morgan fingerprint density at radius 1 is 0.955 bits per heavy atom. The molecule has 3 rings (SSSR count). The Bertz CT molecular complexity index is 596. The monoisotopic (exact) mass is 301 g/mol. The molecule has 1 unspecified atom stereocenters. The fourth-order valence-electron chi connectivity index (χ4n) is 2.87. The molecule has 1 saturated heterocycles. The highest BCUT2D eigenvalue weighted by molar-refractivity contribution is 5.36. The van der Waals surface area contributed by atoms with Gasteiger partial charge in [0, 0.05) is 19.6 Å². The lowest BCUT2D eigenvalue weighted by Gasteiger charge is -2.37. The summed E-state index contributed by atoms with van der Waals surface area (Å²) in [7, 11) is 0. The Morgan fingerprint density at radius 3 is 2.18 bits per heavy atom. The first kappa shape index (κ1) is 15.2. The fourth-order valence-corrected chi connectivity index (χ4v) is 2.87. The van der Waals surface area contributed by atoms with Crippen LogP contribution in [-0.4, -0.2) is 42.9 Å². The maximum absolute atomic E-state index is 13.2. The number of rotatable bonds is 4. The Morgan fingerprint density at radius 2 is 1.55 bits per heavy atom. The molecule has 3 nitrogen and oxygen atoms in total. The van der Waals surface area contributed by atoms with E-state index in [4.69, 9.17) is 4.74 Å². The summed E-state index contributed by atoms with van der Waals surface area (Å²) in [4.78, 5) is 2.18. The van der Waals surface area contributed by atoms with E-state index in [1.54, 1.807) is 12.1 Å². The molecule has 0 amide bonds. The van der Waals surface area contributed by atoms with Crippen LogP contribution in [0.25, 0.3) is 0 Å². The fraction of sp³-hybridized carbons (Fsp3) is 0.333. The van der Waals surface area contributed by atoms with Gasteiger partial charge in [0.05, 0.1) is 13.2 Å². The van der Waals surface area contributed by atoms with E-state index in [2.05, 4.69) is 4.90 Å². The Balaban J connectivity index is 1.95. The SMILES string of the molecule is OC(CN1CCOCC1)(c1ccccc1)c1ccc(F)cc1. The molecule has 4 heteroatoms. The zero-order valence-corrected chi connectivity index (χ0v) is 12.4. The first-order valence-electron chi connectivity index (χ1n) is 7.52. The maximum Gasteiger partial charge on any atom is 0.127 e. The highest BCUT2D eigenvalue weighted by Crippen LogP contribution is 2.31. The normalized spacial score (nSPS) is 18.8. The van der Waals surface area contributed by atoms with Gasteiger partial charge in [0.2, 0.25) is 0 Å². The summed E-state index contributed by atoms with van der Waals surface area (Å²) in [6.07, 6.45) is 0. The largest absolute Gasteiger partial charge is 0.379 e. The van der Waals surface area contributed by atoms with Crippen molar-refractivity contribution < 1.29 is 14.2 Å². The van der Waals surface area contributed by atoms with Gasteiger partial charge in [-0.25, -0.2) is 4.39 Å². The van der Waals surface area contributed by atoms with E-state index in [-0.39, 0.29) is 5.82 Å². The second-order valence-electron chi connectivity index (χ2n) is 5.62. The summed E-state index contributed by atoms with van der Waals surface area (Å²) >= 11 is 0. The lowest BCUT2D eigenvalue weighted by Crippen LogP contribution is -2.46. The first-order chi connectivity index (χ1) is 10.7. The third kappa shape index (κ3) is 3.19. The molecule has 0 radical (unpaired) electrons. The molecule has 0 bridgehead atoms. The van der Waals surface area contributed by atoms with Crippen molar-refractivity contribution in [1.29, 1.82) is 0 Å². The molecular weight excluding hydrogens is 281 g/mol. The zero-order valence-electron chi connectivity index (χ0n) is 12.4. The topological polar surface area (TPSA) is 32.7 Å². The minimum Gasteiger partial charge on any atom is -0.379 e. The molecule has 1 N–H and O–H groups in total. The van der Waals surface area contributed by atoms with Crippen LogP contribution in [0.1, 0.15) is 11.1 Å². The van der Waals surface area contributed by atoms with Crippen LogP contribution in [-0.2, 0) is 10.3 Å². The molecule has 1 heterocycles. The average molecular weight is 301 g/mol. The van der Waals surface area contributed by atoms with Crippen LogP contribution in [0.2, 0.25) is 0 Å². The van der Waals surface area contributed by atoms with E-state index < -0.39 is 5.60 Å². The smallest absolute Gasteiger partial charge is 0.127 e. The van der Waals surface area contributed by atoms with Crippen molar-refractivity contribution in [1.82, 2.24) is 4.90 Å². The van der Waals surface area contributed by atoms with Crippen molar-refractivity contribution in [3.05, 3.63) is 71.5 Å². The predicted octanol–water partition coefficient (Wildman–Crippen LogP) is 2.39. The van der Waals surface area contributed by atoms with Crippen molar-refractivity contribution in [2.45, 2.75) is 5.60 Å². The summed E-state index contributed by atoms with van der Waals surface area (Å²) in [6.45, 7) is 3.39. The summed E-state index contributed by atoms with van der Waals surface area (Å²) in [5, 5.41) is 11.4. The quantitative estimate of drug-likeness (QED) is 0.941. The van der Waals surface area contributed by atoms with Crippen molar-refractivity contribution in [3.8, 4) is 0 Å². The van der Waals surface area contributed by atoms with Gasteiger partial charge in [-0.05, 0) is 23.3 Å². The van der Waals surface area contributed by atoms with Crippen molar-refractivity contribution in [2.24, 2.45) is 0 Å². The van der Waals surface area contributed by atoms with Gasteiger partial charge < -0.3 is 9.84 Å². The molecule has 1 aliphatic heterocycles. The van der Waals surface area contributed by atoms with Gasteiger partial charge in [-0.1, -0.05) is 42.5 Å². The van der Waals surface area contributed by atoms with Gasteiger partial charge in [0.25, 0.3) is 0 Å².